The Hall–Kier alpha value is -2.12. The highest BCUT2D eigenvalue weighted by Crippen LogP contribution is 2.25. The van der Waals surface area contributed by atoms with Crippen LogP contribution in [0.15, 0.2) is 18.2 Å². The van der Waals surface area contributed by atoms with Gasteiger partial charge in [0.2, 0.25) is 0 Å². The van der Waals surface area contributed by atoms with Crippen LogP contribution in [0.25, 0.3) is 0 Å². The fourth-order valence-electron chi connectivity index (χ4n) is 2.53. The van der Waals surface area contributed by atoms with Gasteiger partial charge < -0.3 is 4.74 Å². The third kappa shape index (κ3) is 3.80. The van der Waals surface area contributed by atoms with Crippen LogP contribution in [0.4, 0.5) is 5.69 Å². The average molecular weight is 339 g/mol. The fourth-order valence-corrected chi connectivity index (χ4v) is 2.72. The molecule has 2 aromatic rings. The van der Waals surface area contributed by atoms with Crippen LogP contribution >= 0.6 is 11.6 Å². The summed E-state index contributed by atoms with van der Waals surface area (Å²) in [6, 6.07) is 5.44. The minimum absolute atomic E-state index is 0.0683. The van der Waals surface area contributed by atoms with E-state index in [9.17, 15) is 10.1 Å². The Morgan fingerprint density at radius 3 is 2.70 bits per heavy atom. The molecule has 0 aliphatic heterocycles. The van der Waals surface area contributed by atoms with Gasteiger partial charge in [-0.1, -0.05) is 11.6 Å². The number of nitro groups is 1. The van der Waals surface area contributed by atoms with E-state index in [0.29, 0.717) is 29.6 Å². The molecule has 7 nitrogen and oxygen atoms in total. The lowest BCUT2D eigenvalue weighted by Gasteiger charge is -2.19. The first-order valence-corrected chi connectivity index (χ1v) is 7.40. The minimum Gasteiger partial charge on any atom is -0.496 e. The fraction of sp³-hybridized carbons (Fsp3) is 0.400. The number of methoxy groups -OCH3 is 1. The van der Waals surface area contributed by atoms with Crippen LogP contribution in [-0.4, -0.2) is 33.8 Å². The predicted octanol–water partition coefficient (Wildman–Crippen LogP) is 3.16. The van der Waals surface area contributed by atoms with Gasteiger partial charge in [0.15, 0.2) is 0 Å². The molecule has 0 saturated carbocycles. The van der Waals surface area contributed by atoms with E-state index in [2.05, 4.69) is 5.10 Å². The maximum atomic E-state index is 11.1. The van der Waals surface area contributed by atoms with Gasteiger partial charge in [-0.15, -0.1) is 0 Å². The lowest BCUT2D eigenvalue weighted by atomic mass is 10.2. The number of benzene rings is 1. The SMILES string of the molecule is COc1ccc(Cl)cc1CN(C)Cn1nc(C)c([N+](=O)[O-])c1C. The quantitative estimate of drug-likeness (QED) is 0.597. The van der Waals surface area contributed by atoms with E-state index in [0.717, 1.165) is 11.3 Å². The summed E-state index contributed by atoms with van der Waals surface area (Å²) in [7, 11) is 3.51. The van der Waals surface area contributed by atoms with E-state index >= 15 is 0 Å². The van der Waals surface area contributed by atoms with Crippen LogP contribution in [0.5, 0.6) is 5.75 Å². The maximum Gasteiger partial charge on any atom is 0.312 e. The third-order valence-electron chi connectivity index (χ3n) is 3.58. The van der Waals surface area contributed by atoms with Crippen LogP contribution in [0, 0.1) is 24.0 Å². The molecule has 0 aliphatic rings. The summed E-state index contributed by atoms with van der Waals surface area (Å²) in [6.45, 7) is 4.35. The Labute approximate surface area is 139 Å². The number of nitrogens with zero attached hydrogens (tertiary/aromatic N) is 4. The first-order chi connectivity index (χ1) is 10.8. The third-order valence-corrected chi connectivity index (χ3v) is 3.82. The summed E-state index contributed by atoms with van der Waals surface area (Å²) in [5.74, 6) is 0.751. The van der Waals surface area contributed by atoms with Gasteiger partial charge in [-0.2, -0.15) is 5.10 Å². The highest BCUT2D eigenvalue weighted by molar-refractivity contribution is 6.30. The molecule has 0 radical (unpaired) electrons. The lowest BCUT2D eigenvalue weighted by molar-refractivity contribution is -0.386. The smallest absolute Gasteiger partial charge is 0.312 e. The Morgan fingerprint density at radius 1 is 1.43 bits per heavy atom. The van der Waals surface area contributed by atoms with E-state index < -0.39 is 4.92 Å². The average Bonchev–Trinajstić information content (AvgIpc) is 2.73. The van der Waals surface area contributed by atoms with Gasteiger partial charge in [0.1, 0.15) is 17.1 Å². The zero-order valence-electron chi connectivity index (χ0n) is 13.5. The van der Waals surface area contributed by atoms with E-state index in [-0.39, 0.29) is 5.69 Å². The van der Waals surface area contributed by atoms with E-state index in [4.69, 9.17) is 16.3 Å². The molecule has 23 heavy (non-hydrogen) atoms. The summed E-state index contributed by atoms with van der Waals surface area (Å²) >= 11 is 6.04. The number of aryl methyl sites for hydroxylation is 1. The summed E-state index contributed by atoms with van der Waals surface area (Å²) < 4.78 is 6.96. The molecule has 8 heteroatoms. The number of ether oxygens (including phenoxy) is 1. The van der Waals surface area contributed by atoms with E-state index in [1.54, 1.807) is 31.7 Å². The Balaban J connectivity index is 2.17. The van der Waals surface area contributed by atoms with Crippen molar-refractivity contribution in [3.8, 4) is 5.75 Å². The summed E-state index contributed by atoms with van der Waals surface area (Å²) in [6.07, 6.45) is 0. The Kier molecular flexibility index (Phi) is 5.23. The van der Waals surface area contributed by atoms with Crippen molar-refractivity contribution < 1.29 is 9.66 Å². The molecule has 124 valence electrons. The van der Waals surface area contributed by atoms with Crippen molar-refractivity contribution in [2.75, 3.05) is 14.2 Å². The molecule has 0 bridgehead atoms. The van der Waals surface area contributed by atoms with Crippen molar-refractivity contribution in [2.45, 2.75) is 27.1 Å². The number of aromatic nitrogens is 2. The van der Waals surface area contributed by atoms with E-state index in [1.165, 1.54) is 0 Å². The second-order valence-electron chi connectivity index (χ2n) is 5.39. The first kappa shape index (κ1) is 17.2. The van der Waals surface area contributed by atoms with Crippen molar-refractivity contribution >= 4 is 17.3 Å². The van der Waals surface area contributed by atoms with Crippen LogP contribution in [0.2, 0.25) is 5.02 Å². The predicted molar refractivity (Wildman–Crippen MR) is 87.8 cm³/mol. The Bertz CT molecular complexity index is 730. The number of rotatable bonds is 6. The molecule has 1 heterocycles. The molecule has 1 aromatic carbocycles. The summed E-state index contributed by atoms with van der Waals surface area (Å²) in [5, 5.41) is 15.9. The molecule has 0 amide bonds. The summed E-state index contributed by atoms with van der Waals surface area (Å²) in [5.41, 5.74) is 1.97. The van der Waals surface area contributed by atoms with Crippen molar-refractivity contribution in [1.82, 2.24) is 14.7 Å². The molecule has 0 spiro atoms. The largest absolute Gasteiger partial charge is 0.496 e. The highest BCUT2D eigenvalue weighted by Gasteiger charge is 2.22. The van der Waals surface area contributed by atoms with Gasteiger partial charge >= 0.3 is 5.69 Å². The van der Waals surface area contributed by atoms with Crippen molar-refractivity contribution in [2.24, 2.45) is 0 Å². The first-order valence-electron chi connectivity index (χ1n) is 7.02. The van der Waals surface area contributed by atoms with Gasteiger partial charge in [0.05, 0.1) is 18.7 Å². The molecule has 2 rings (SSSR count). The zero-order chi connectivity index (χ0) is 17.1. The molecule has 0 unspecified atom stereocenters. The van der Waals surface area contributed by atoms with Crippen molar-refractivity contribution in [3.63, 3.8) is 0 Å². The van der Waals surface area contributed by atoms with Gasteiger partial charge in [0, 0.05) is 17.1 Å². The van der Waals surface area contributed by atoms with Crippen LogP contribution in [0.3, 0.4) is 0 Å². The molecular formula is C15H19ClN4O3. The van der Waals surface area contributed by atoms with Gasteiger partial charge in [-0.05, 0) is 39.1 Å². The van der Waals surface area contributed by atoms with Crippen molar-refractivity contribution in [3.05, 3.63) is 50.3 Å². The second-order valence-corrected chi connectivity index (χ2v) is 5.82. The second kappa shape index (κ2) is 6.97. The van der Waals surface area contributed by atoms with Crippen LogP contribution < -0.4 is 4.74 Å². The van der Waals surface area contributed by atoms with E-state index in [1.807, 2.05) is 24.1 Å². The molecule has 0 aliphatic carbocycles. The maximum absolute atomic E-state index is 11.1. The van der Waals surface area contributed by atoms with Gasteiger partial charge in [-0.3, -0.25) is 15.0 Å². The molecule has 0 saturated heterocycles. The normalized spacial score (nSPS) is 11.0. The molecular weight excluding hydrogens is 320 g/mol. The molecule has 1 aromatic heterocycles. The molecule has 0 N–H and O–H groups in total. The zero-order valence-corrected chi connectivity index (χ0v) is 14.3. The van der Waals surface area contributed by atoms with Crippen LogP contribution in [0.1, 0.15) is 17.0 Å². The van der Waals surface area contributed by atoms with Gasteiger partial charge in [0.25, 0.3) is 0 Å². The standard InChI is InChI=1S/C15H19ClN4O3/c1-10-15(20(21)22)11(2)19(17-10)9-18(3)8-12-7-13(16)5-6-14(12)23-4/h5-7H,8-9H2,1-4H3. The number of hydrogen-bond acceptors (Lipinski definition) is 5. The monoisotopic (exact) mass is 338 g/mol. The number of halogens is 1. The topological polar surface area (TPSA) is 73.4 Å². The minimum atomic E-state index is -0.395. The Morgan fingerprint density at radius 2 is 2.13 bits per heavy atom. The molecule has 0 fully saturated rings. The van der Waals surface area contributed by atoms with Crippen LogP contribution in [-0.2, 0) is 13.2 Å². The van der Waals surface area contributed by atoms with Gasteiger partial charge in [-0.25, -0.2) is 4.68 Å². The molecule has 0 atom stereocenters. The highest BCUT2D eigenvalue weighted by atomic mass is 35.5. The lowest BCUT2D eigenvalue weighted by Crippen LogP contribution is -2.23. The number of hydrogen-bond donors (Lipinski definition) is 0. The van der Waals surface area contributed by atoms with Crippen molar-refractivity contribution in [1.29, 1.82) is 0 Å². The summed E-state index contributed by atoms with van der Waals surface area (Å²) in [4.78, 5) is 12.6.